The molecule has 1 aliphatic rings. The molecule has 122 valence electrons. The van der Waals surface area contributed by atoms with Crippen LogP contribution in [0.25, 0.3) is 0 Å². The standard InChI is InChI=1S/C14H17F3N2O2S/c1-22-11-8-10(2-5-18-11)13(21)19-6-3-9(4-7-19)12(20)14(15,16)17/h2,5,8-9,12,20H,3-4,6-7H2,1H3. The summed E-state index contributed by atoms with van der Waals surface area (Å²) >= 11 is 1.41. The molecule has 1 N–H and O–H groups in total. The van der Waals surface area contributed by atoms with Gasteiger partial charge < -0.3 is 10.0 Å². The highest BCUT2D eigenvalue weighted by Gasteiger charge is 2.44. The summed E-state index contributed by atoms with van der Waals surface area (Å²) in [7, 11) is 0. The van der Waals surface area contributed by atoms with Gasteiger partial charge in [-0.3, -0.25) is 4.79 Å². The summed E-state index contributed by atoms with van der Waals surface area (Å²) in [6.45, 7) is 0.432. The van der Waals surface area contributed by atoms with E-state index in [1.165, 1.54) is 16.7 Å². The fourth-order valence-corrected chi connectivity index (χ4v) is 2.93. The largest absolute Gasteiger partial charge is 0.414 e. The van der Waals surface area contributed by atoms with E-state index < -0.39 is 18.2 Å². The normalized spacial score (nSPS) is 18.3. The molecule has 0 spiro atoms. The van der Waals surface area contributed by atoms with Crippen molar-refractivity contribution in [3.05, 3.63) is 23.9 Å². The second-order valence-corrected chi connectivity index (χ2v) is 6.03. The number of carbonyl (C=O) groups excluding carboxylic acids is 1. The smallest absolute Gasteiger partial charge is 0.383 e. The van der Waals surface area contributed by atoms with Crippen LogP contribution in [0.1, 0.15) is 23.2 Å². The van der Waals surface area contributed by atoms with Gasteiger partial charge in [-0.15, -0.1) is 11.8 Å². The van der Waals surface area contributed by atoms with Gasteiger partial charge >= 0.3 is 6.18 Å². The first-order valence-corrected chi connectivity index (χ1v) is 8.09. The first-order chi connectivity index (χ1) is 10.3. The lowest BCUT2D eigenvalue weighted by molar-refractivity contribution is -0.222. The van der Waals surface area contributed by atoms with E-state index in [9.17, 15) is 23.1 Å². The lowest BCUT2D eigenvalue weighted by atomic mass is 9.90. The van der Waals surface area contributed by atoms with Gasteiger partial charge in [0, 0.05) is 24.8 Å². The molecule has 1 saturated heterocycles. The van der Waals surface area contributed by atoms with E-state index in [4.69, 9.17) is 0 Å². The summed E-state index contributed by atoms with van der Waals surface area (Å²) in [6.07, 6.45) is -3.23. The quantitative estimate of drug-likeness (QED) is 0.863. The monoisotopic (exact) mass is 334 g/mol. The minimum absolute atomic E-state index is 0.146. The first kappa shape index (κ1) is 17.1. The number of nitrogens with zero attached hydrogens (tertiary/aromatic N) is 2. The molecule has 1 aromatic heterocycles. The van der Waals surface area contributed by atoms with Crippen molar-refractivity contribution >= 4 is 17.7 Å². The third-order valence-corrected chi connectivity index (χ3v) is 4.44. The Morgan fingerprint density at radius 2 is 2.09 bits per heavy atom. The van der Waals surface area contributed by atoms with Crippen LogP contribution in [-0.2, 0) is 0 Å². The average Bonchev–Trinajstić information content (AvgIpc) is 2.53. The fourth-order valence-electron chi connectivity index (χ4n) is 2.52. The molecule has 1 aromatic rings. The predicted molar refractivity (Wildman–Crippen MR) is 76.7 cm³/mol. The number of carbonyl (C=O) groups is 1. The van der Waals surface area contributed by atoms with Crippen molar-refractivity contribution in [1.82, 2.24) is 9.88 Å². The van der Waals surface area contributed by atoms with Gasteiger partial charge in [-0.2, -0.15) is 13.2 Å². The molecule has 0 aliphatic carbocycles. The van der Waals surface area contributed by atoms with Crippen LogP contribution in [0.15, 0.2) is 23.4 Å². The zero-order valence-electron chi connectivity index (χ0n) is 12.0. The first-order valence-electron chi connectivity index (χ1n) is 6.87. The highest BCUT2D eigenvalue weighted by Crippen LogP contribution is 2.32. The number of aliphatic hydroxyl groups is 1. The molecule has 0 saturated carbocycles. The van der Waals surface area contributed by atoms with Crippen molar-refractivity contribution in [2.24, 2.45) is 5.92 Å². The van der Waals surface area contributed by atoms with Crippen molar-refractivity contribution in [1.29, 1.82) is 0 Å². The van der Waals surface area contributed by atoms with Crippen LogP contribution >= 0.6 is 11.8 Å². The second kappa shape index (κ2) is 6.87. The molecule has 8 heteroatoms. The van der Waals surface area contributed by atoms with Gasteiger partial charge in [-0.1, -0.05) is 0 Å². The van der Waals surface area contributed by atoms with Gasteiger partial charge in [0.2, 0.25) is 0 Å². The van der Waals surface area contributed by atoms with Crippen molar-refractivity contribution < 1.29 is 23.1 Å². The zero-order chi connectivity index (χ0) is 16.3. The lowest BCUT2D eigenvalue weighted by Crippen LogP contribution is -2.45. The summed E-state index contributed by atoms with van der Waals surface area (Å²) in [4.78, 5) is 18.0. The van der Waals surface area contributed by atoms with Gasteiger partial charge in [0.25, 0.3) is 5.91 Å². The fraction of sp³-hybridized carbons (Fsp3) is 0.571. The van der Waals surface area contributed by atoms with E-state index in [1.54, 1.807) is 18.3 Å². The SMILES string of the molecule is CSc1cc(C(=O)N2CCC(C(O)C(F)(F)F)CC2)ccn1. The minimum Gasteiger partial charge on any atom is -0.383 e. The Bertz CT molecular complexity index is 531. The molecule has 1 atom stereocenters. The third-order valence-electron chi connectivity index (χ3n) is 3.80. The molecule has 2 heterocycles. The maximum absolute atomic E-state index is 12.5. The Labute approximate surface area is 130 Å². The third kappa shape index (κ3) is 3.92. The van der Waals surface area contributed by atoms with Crippen molar-refractivity contribution in [3.63, 3.8) is 0 Å². The number of alkyl halides is 3. The van der Waals surface area contributed by atoms with Crippen LogP contribution in [0.3, 0.4) is 0 Å². The summed E-state index contributed by atoms with van der Waals surface area (Å²) in [6, 6.07) is 3.27. The molecule has 0 aromatic carbocycles. The second-order valence-electron chi connectivity index (χ2n) is 5.20. The maximum Gasteiger partial charge on any atom is 0.414 e. The molecule has 1 fully saturated rings. The Morgan fingerprint density at radius 1 is 1.45 bits per heavy atom. The molecular weight excluding hydrogens is 317 g/mol. The molecule has 2 rings (SSSR count). The Kier molecular flexibility index (Phi) is 5.33. The molecule has 4 nitrogen and oxygen atoms in total. The van der Waals surface area contributed by atoms with Crippen molar-refractivity contribution in [2.45, 2.75) is 30.1 Å². The average molecular weight is 334 g/mol. The Balaban J connectivity index is 1.98. The van der Waals surface area contributed by atoms with Gasteiger partial charge in [0.15, 0.2) is 6.10 Å². The van der Waals surface area contributed by atoms with E-state index in [1.807, 2.05) is 6.26 Å². The van der Waals surface area contributed by atoms with Crippen LogP contribution in [0, 0.1) is 5.92 Å². The molecule has 0 bridgehead atoms. The summed E-state index contributed by atoms with van der Waals surface area (Å²) in [5.41, 5.74) is 0.481. The van der Waals surface area contributed by atoms with Crippen LogP contribution in [0.2, 0.25) is 0 Å². The van der Waals surface area contributed by atoms with Gasteiger partial charge in [-0.25, -0.2) is 4.98 Å². The van der Waals surface area contributed by atoms with E-state index >= 15 is 0 Å². The zero-order valence-corrected chi connectivity index (χ0v) is 12.8. The Morgan fingerprint density at radius 3 is 2.64 bits per heavy atom. The van der Waals surface area contributed by atoms with Crippen molar-refractivity contribution in [2.75, 3.05) is 19.3 Å². The number of hydrogen-bond acceptors (Lipinski definition) is 4. The van der Waals surface area contributed by atoms with Gasteiger partial charge in [-0.05, 0) is 37.1 Å². The number of rotatable bonds is 3. The number of pyridine rings is 1. The summed E-state index contributed by atoms with van der Waals surface area (Å²) in [5, 5.41) is 10.00. The maximum atomic E-state index is 12.5. The van der Waals surface area contributed by atoms with Crippen LogP contribution in [-0.4, -0.2) is 52.5 Å². The molecular formula is C14H17F3N2O2S. The number of hydrogen-bond donors (Lipinski definition) is 1. The molecule has 1 unspecified atom stereocenters. The van der Waals surface area contributed by atoms with Crippen LogP contribution < -0.4 is 0 Å². The predicted octanol–water partition coefficient (Wildman–Crippen LogP) is 2.58. The number of aliphatic hydroxyl groups excluding tert-OH is 1. The van der Waals surface area contributed by atoms with Crippen LogP contribution in [0.5, 0.6) is 0 Å². The van der Waals surface area contributed by atoms with Crippen LogP contribution in [0.4, 0.5) is 13.2 Å². The van der Waals surface area contributed by atoms with Crippen molar-refractivity contribution in [3.8, 4) is 0 Å². The minimum atomic E-state index is -4.60. The van der Waals surface area contributed by atoms with Gasteiger partial charge in [0.1, 0.15) is 0 Å². The van der Waals surface area contributed by atoms with E-state index in [0.717, 1.165) is 0 Å². The number of likely N-dealkylation sites (tertiary alicyclic amines) is 1. The highest BCUT2D eigenvalue weighted by atomic mass is 32.2. The number of aromatic nitrogens is 1. The van der Waals surface area contributed by atoms with Gasteiger partial charge in [0.05, 0.1) is 5.03 Å². The molecule has 1 amide bonds. The molecule has 22 heavy (non-hydrogen) atoms. The number of thioether (sulfide) groups is 1. The van der Waals surface area contributed by atoms with E-state index in [0.29, 0.717) is 10.6 Å². The number of halogens is 3. The molecule has 0 radical (unpaired) electrons. The number of piperidine rings is 1. The van der Waals surface area contributed by atoms with E-state index in [-0.39, 0.29) is 31.8 Å². The summed E-state index contributed by atoms with van der Waals surface area (Å²) < 4.78 is 37.5. The number of amides is 1. The summed E-state index contributed by atoms with van der Waals surface area (Å²) in [5.74, 6) is -1.05. The lowest BCUT2D eigenvalue weighted by Gasteiger charge is -2.34. The van der Waals surface area contributed by atoms with E-state index in [2.05, 4.69) is 4.98 Å². The Hall–Kier alpha value is -1.28. The topological polar surface area (TPSA) is 53.4 Å². The highest BCUT2D eigenvalue weighted by molar-refractivity contribution is 7.98. The molecule has 1 aliphatic heterocycles.